The van der Waals surface area contributed by atoms with Crippen LogP contribution in [0, 0.1) is 11.3 Å². The van der Waals surface area contributed by atoms with Crippen LogP contribution in [-0.4, -0.2) is 9.55 Å². The molecule has 4 nitrogen and oxygen atoms in total. The quantitative estimate of drug-likeness (QED) is 0.231. The number of benzene rings is 5. The molecule has 0 spiro atoms. The molecule has 0 aliphatic rings. The Balaban J connectivity index is 1.57. The molecule has 0 aliphatic heterocycles. The monoisotopic (exact) mass is 512 g/mol. The van der Waals surface area contributed by atoms with E-state index in [1.54, 1.807) is 18.5 Å². The third kappa shape index (κ3) is 3.98. The first-order valence-electron chi connectivity index (χ1n) is 13.2. The molecule has 0 fully saturated rings. The Labute approximate surface area is 232 Å². The van der Waals surface area contributed by atoms with Gasteiger partial charge in [-0.15, -0.1) is 0 Å². The molecule has 0 atom stereocenters. The number of pyridine rings is 1. The van der Waals surface area contributed by atoms with Crippen LogP contribution in [0.4, 0.5) is 17.1 Å². The van der Waals surface area contributed by atoms with E-state index in [0.717, 1.165) is 44.9 Å². The fourth-order valence-electron chi connectivity index (χ4n) is 5.53. The van der Waals surface area contributed by atoms with Crippen LogP contribution in [0.1, 0.15) is 5.56 Å². The summed E-state index contributed by atoms with van der Waals surface area (Å²) in [5, 5.41) is 12.4. The van der Waals surface area contributed by atoms with Crippen LogP contribution in [0.5, 0.6) is 0 Å². The Morgan fingerprint density at radius 1 is 0.600 bits per heavy atom. The van der Waals surface area contributed by atoms with Gasteiger partial charge in [-0.2, -0.15) is 5.26 Å². The van der Waals surface area contributed by atoms with Crippen molar-refractivity contribution in [1.29, 1.82) is 5.26 Å². The number of aromatic nitrogens is 2. The second-order valence-corrected chi connectivity index (χ2v) is 9.65. The van der Waals surface area contributed by atoms with Crippen LogP contribution in [0.3, 0.4) is 0 Å². The molecule has 5 aromatic carbocycles. The number of hydrogen-bond acceptors (Lipinski definition) is 3. The summed E-state index contributed by atoms with van der Waals surface area (Å²) in [4.78, 5) is 6.63. The molecule has 0 aliphatic carbocycles. The van der Waals surface area contributed by atoms with E-state index in [9.17, 15) is 5.26 Å². The van der Waals surface area contributed by atoms with E-state index in [1.807, 2.05) is 12.1 Å². The normalized spacial score (nSPS) is 11.0. The van der Waals surface area contributed by atoms with Crippen LogP contribution in [0.25, 0.3) is 38.6 Å². The molecule has 188 valence electrons. The Morgan fingerprint density at radius 3 is 1.77 bits per heavy atom. The zero-order valence-electron chi connectivity index (χ0n) is 21.6. The van der Waals surface area contributed by atoms with E-state index in [1.165, 1.54) is 10.8 Å². The van der Waals surface area contributed by atoms with Gasteiger partial charge in [-0.3, -0.25) is 4.98 Å². The molecule has 40 heavy (non-hydrogen) atoms. The van der Waals surface area contributed by atoms with Gasteiger partial charge in [-0.05, 0) is 66.2 Å². The molecule has 0 amide bonds. The van der Waals surface area contributed by atoms with Gasteiger partial charge in [0.1, 0.15) is 0 Å². The van der Waals surface area contributed by atoms with Gasteiger partial charge >= 0.3 is 0 Å². The van der Waals surface area contributed by atoms with Gasteiger partial charge in [0.15, 0.2) is 0 Å². The molecule has 0 unspecified atom stereocenters. The second-order valence-electron chi connectivity index (χ2n) is 9.65. The molecular formula is C36H24N4. The summed E-state index contributed by atoms with van der Waals surface area (Å²) in [6.45, 7) is 0. The lowest BCUT2D eigenvalue weighted by Gasteiger charge is -2.27. The van der Waals surface area contributed by atoms with E-state index in [0.29, 0.717) is 5.56 Å². The van der Waals surface area contributed by atoms with Crippen LogP contribution >= 0.6 is 0 Å². The lowest BCUT2D eigenvalue weighted by atomic mass is 10.0. The number of hydrogen-bond donors (Lipinski definition) is 0. The van der Waals surface area contributed by atoms with Crippen LogP contribution in [-0.2, 0) is 0 Å². The van der Waals surface area contributed by atoms with Crippen molar-refractivity contribution < 1.29 is 0 Å². The third-order valence-corrected chi connectivity index (χ3v) is 7.28. The number of nitrogens with zero attached hydrogens (tertiary/aromatic N) is 4. The number of anilines is 3. The first-order chi connectivity index (χ1) is 19.8. The zero-order valence-corrected chi connectivity index (χ0v) is 21.6. The van der Waals surface area contributed by atoms with Gasteiger partial charge in [0.05, 0.1) is 22.7 Å². The SMILES string of the molecule is N#Cc1ccncc1-c1cc(N(c2ccccc2)c2ccccc2)cc(-n2c3ccccc3c3ccccc32)c1. The minimum absolute atomic E-state index is 0.589. The van der Waals surface area contributed by atoms with E-state index in [2.05, 4.69) is 136 Å². The summed E-state index contributed by atoms with van der Waals surface area (Å²) in [6.07, 6.45) is 3.45. The first-order valence-corrected chi connectivity index (χ1v) is 13.2. The van der Waals surface area contributed by atoms with Crippen molar-refractivity contribution in [3.8, 4) is 22.9 Å². The van der Waals surface area contributed by atoms with Gasteiger partial charge in [0.25, 0.3) is 0 Å². The summed E-state index contributed by atoms with van der Waals surface area (Å²) in [5.41, 5.74) is 8.66. The summed E-state index contributed by atoms with van der Waals surface area (Å²) in [5.74, 6) is 0. The lowest BCUT2D eigenvalue weighted by molar-refractivity contribution is 1.17. The maximum absolute atomic E-state index is 9.96. The largest absolute Gasteiger partial charge is 0.310 e. The van der Waals surface area contributed by atoms with Crippen molar-refractivity contribution in [3.05, 3.63) is 151 Å². The molecule has 2 aromatic heterocycles. The highest BCUT2D eigenvalue weighted by Gasteiger charge is 2.18. The van der Waals surface area contributed by atoms with Gasteiger partial charge in [0, 0.05) is 51.5 Å². The molecule has 0 radical (unpaired) electrons. The topological polar surface area (TPSA) is 44.9 Å². The van der Waals surface area contributed by atoms with Gasteiger partial charge in [-0.1, -0.05) is 72.8 Å². The van der Waals surface area contributed by atoms with E-state index in [4.69, 9.17) is 0 Å². The standard InChI is InChI=1S/C36H24N4/c37-24-26-19-20-38-25-34(26)27-21-30(39(28-11-3-1-4-12-28)29-13-5-2-6-14-29)23-31(22-27)40-35-17-9-7-15-32(35)33-16-8-10-18-36(33)40/h1-23,25H. The fraction of sp³-hybridized carbons (Fsp3) is 0. The Morgan fingerprint density at radius 2 is 1.18 bits per heavy atom. The number of fused-ring (bicyclic) bond motifs is 3. The van der Waals surface area contributed by atoms with Crippen molar-refractivity contribution in [2.45, 2.75) is 0 Å². The Bertz CT molecular complexity index is 1930. The number of nitriles is 1. The molecule has 0 N–H and O–H groups in total. The molecule has 7 rings (SSSR count). The molecule has 0 saturated carbocycles. The molecule has 0 bridgehead atoms. The third-order valence-electron chi connectivity index (χ3n) is 7.28. The maximum Gasteiger partial charge on any atom is 0.0999 e. The number of para-hydroxylation sites is 4. The molecule has 7 aromatic rings. The van der Waals surface area contributed by atoms with Crippen molar-refractivity contribution in [2.24, 2.45) is 0 Å². The predicted octanol–water partition coefficient (Wildman–Crippen LogP) is 9.19. The van der Waals surface area contributed by atoms with Gasteiger partial charge < -0.3 is 9.47 Å². The smallest absolute Gasteiger partial charge is 0.0999 e. The summed E-state index contributed by atoms with van der Waals surface area (Å²) in [7, 11) is 0. The molecule has 4 heteroatoms. The van der Waals surface area contributed by atoms with E-state index >= 15 is 0 Å². The average Bonchev–Trinajstić information content (AvgIpc) is 3.37. The van der Waals surface area contributed by atoms with Gasteiger partial charge in [0.2, 0.25) is 0 Å². The predicted molar refractivity (Wildman–Crippen MR) is 163 cm³/mol. The van der Waals surface area contributed by atoms with E-state index in [-0.39, 0.29) is 0 Å². The van der Waals surface area contributed by atoms with E-state index < -0.39 is 0 Å². The minimum Gasteiger partial charge on any atom is -0.310 e. The van der Waals surface area contributed by atoms with Gasteiger partial charge in [-0.25, -0.2) is 0 Å². The average molecular weight is 513 g/mol. The Kier molecular flexibility index (Phi) is 5.81. The highest BCUT2D eigenvalue weighted by Crippen LogP contribution is 2.40. The van der Waals surface area contributed by atoms with Crippen LogP contribution in [0.2, 0.25) is 0 Å². The zero-order chi connectivity index (χ0) is 26.9. The first kappa shape index (κ1) is 23.5. The minimum atomic E-state index is 0.589. The van der Waals surface area contributed by atoms with Crippen molar-refractivity contribution in [2.75, 3.05) is 4.90 Å². The molecule has 0 saturated heterocycles. The van der Waals surface area contributed by atoms with Crippen molar-refractivity contribution in [1.82, 2.24) is 9.55 Å². The lowest BCUT2D eigenvalue weighted by Crippen LogP contribution is -2.10. The maximum atomic E-state index is 9.96. The summed E-state index contributed by atoms with van der Waals surface area (Å²) >= 11 is 0. The molecule has 2 heterocycles. The Hall–Kier alpha value is -5.66. The highest BCUT2D eigenvalue weighted by molar-refractivity contribution is 6.09. The van der Waals surface area contributed by atoms with Crippen LogP contribution in [0.15, 0.2) is 146 Å². The number of rotatable bonds is 5. The fourth-order valence-corrected chi connectivity index (χ4v) is 5.53. The molecular weight excluding hydrogens is 488 g/mol. The van der Waals surface area contributed by atoms with Crippen molar-refractivity contribution in [3.63, 3.8) is 0 Å². The highest BCUT2D eigenvalue weighted by atomic mass is 15.1. The summed E-state index contributed by atoms with van der Waals surface area (Å²) in [6, 6.07) is 48.4. The summed E-state index contributed by atoms with van der Waals surface area (Å²) < 4.78 is 2.31. The second kappa shape index (κ2) is 9.90. The van der Waals surface area contributed by atoms with Crippen molar-refractivity contribution >= 4 is 38.9 Å². The van der Waals surface area contributed by atoms with Crippen LogP contribution < -0.4 is 4.90 Å².